The van der Waals surface area contributed by atoms with E-state index in [1.807, 2.05) is 36.6 Å². The zero-order valence-corrected chi connectivity index (χ0v) is 14.2. The first kappa shape index (κ1) is 16.6. The lowest BCUT2D eigenvalue weighted by Gasteiger charge is -1.98. The maximum Gasteiger partial charge on any atom is 0.270 e. The summed E-state index contributed by atoms with van der Waals surface area (Å²) in [6.45, 7) is 2.02. The van der Waals surface area contributed by atoms with E-state index in [4.69, 9.17) is 0 Å². The molecule has 0 N–H and O–H groups in total. The fraction of sp³-hybridized carbons (Fsp3) is 0.0526. The van der Waals surface area contributed by atoms with Crippen molar-refractivity contribution in [1.82, 2.24) is 4.98 Å². The van der Waals surface area contributed by atoms with Crippen molar-refractivity contribution in [2.75, 3.05) is 0 Å². The predicted molar refractivity (Wildman–Crippen MR) is 98.9 cm³/mol. The number of hydrogen-bond acceptors (Lipinski definition) is 5. The first-order valence-corrected chi connectivity index (χ1v) is 8.34. The Hall–Kier alpha value is -3.30. The van der Waals surface area contributed by atoms with Crippen LogP contribution in [0.3, 0.4) is 0 Å². The topological polar surface area (TPSA) is 79.8 Å². The number of nitro groups is 1. The molecule has 0 radical (unpaired) electrons. The summed E-state index contributed by atoms with van der Waals surface area (Å²) in [7, 11) is 0. The van der Waals surface area contributed by atoms with E-state index in [2.05, 4.69) is 11.1 Å². The Kier molecular flexibility index (Phi) is 4.68. The zero-order chi connectivity index (χ0) is 17.8. The summed E-state index contributed by atoms with van der Waals surface area (Å²) in [5.41, 5.74) is 3.93. The van der Waals surface area contributed by atoms with Crippen molar-refractivity contribution in [3.8, 4) is 17.3 Å². The molecule has 0 atom stereocenters. The van der Waals surface area contributed by atoms with Gasteiger partial charge in [-0.25, -0.2) is 4.98 Å². The molecule has 6 heteroatoms. The molecule has 0 amide bonds. The summed E-state index contributed by atoms with van der Waals surface area (Å²) in [5, 5.41) is 22.8. The Balaban J connectivity index is 1.94. The zero-order valence-electron chi connectivity index (χ0n) is 13.3. The molecular weight excluding hydrogens is 334 g/mol. The summed E-state index contributed by atoms with van der Waals surface area (Å²) < 4.78 is 0. The molecule has 0 saturated carbocycles. The Morgan fingerprint density at radius 1 is 1.28 bits per heavy atom. The number of hydrogen-bond donors (Lipinski definition) is 0. The number of nitro benzene ring substituents is 1. The third-order valence-electron chi connectivity index (χ3n) is 3.59. The summed E-state index contributed by atoms with van der Waals surface area (Å²) in [5.74, 6) is 0. The van der Waals surface area contributed by atoms with Gasteiger partial charge in [-0.2, -0.15) is 5.26 Å². The number of benzene rings is 2. The van der Waals surface area contributed by atoms with Crippen LogP contribution in [0.25, 0.3) is 22.9 Å². The molecule has 25 heavy (non-hydrogen) atoms. The SMILES string of the molecule is Cc1ccc(-c2csc(/C(C#N)=C\c3cccc([N+](=O)[O-])c3)n2)cc1. The second kappa shape index (κ2) is 7.07. The lowest BCUT2D eigenvalue weighted by atomic mass is 10.1. The van der Waals surface area contributed by atoms with E-state index in [9.17, 15) is 15.4 Å². The maximum atomic E-state index is 10.9. The van der Waals surface area contributed by atoms with Gasteiger partial charge in [0.15, 0.2) is 0 Å². The summed E-state index contributed by atoms with van der Waals surface area (Å²) >= 11 is 1.38. The molecule has 0 fully saturated rings. The maximum absolute atomic E-state index is 10.9. The summed E-state index contributed by atoms with van der Waals surface area (Å²) in [6, 6.07) is 16.3. The van der Waals surface area contributed by atoms with Crippen LogP contribution in [0.4, 0.5) is 5.69 Å². The number of aromatic nitrogens is 1. The average Bonchev–Trinajstić information content (AvgIpc) is 3.10. The van der Waals surface area contributed by atoms with Gasteiger partial charge < -0.3 is 0 Å². The van der Waals surface area contributed by atoms with Gasteiger partial charge >= 0.3 is 0 Å². The van der Waals surface area contributed by atoms with Crippen molar-refractivity contribution in [2.45, 2.75) is 6.92 Å². The number of allylic oxidation sites excluding steroid dienone is 1. The minimum atomic E-state index is -0.456. The Morgan fingerprint density at radius 3 is 2.72 bits per heavy atom. The van der Waals surface area contributed by atoms with Crippen LogP contribution in [0.5, 0.6) is 0 Å². The van der Waals surface area contributed by atoms with Crippen molar-refractivity contribution in [1.29, 1.82) is 5.26 Å². The van der Waals surface area contributed by atoms with E-state index in [-0.39, 0.29) is 5.69 Å². The quantitative estimate of drug-likeness (QED) is 0.374. The van der Waals surface area contributed by atoms with Gasteiger partial charge in [0.25, 0.3) is 5.69 Å². The number of thiazole rings is 1. The van der Waals surface area contributed by atoms with Crippen LogP contribution < -0.4 is 0 Å². The normalized spacial score (nSPS) is 11.1. The van der Waals surface area contributed by atoms with E-state index in [0.29, 0.717) is 16.1 Å². The molecule has 2 aromatic carbocycles. The molecule has 1 heterocycles. The van der Waals surface area contributed by atoms with E-state index < -0.39 is 4.92 Å². The van der Waals surface area contributed by atoms with E-state index in [0.717, 1.165) is 11.3 Å². The van der Waals surface area contributed by atoms with E-state index in [1.54, 1.807) is 18.2 Å². The van der Waals surface area contributed by atoms with Crippen LogP contribution in [0.15, 0.2) is 53.9 Å². The second-order valence-electron chi connectivity index (χ2n) is 5.43. The number of rotatable bonds is 4. The standard InChI is InChI=1S/C19H13N3O2S/c1-13-5-7-15(8-6-13)18-12-25-19(21-18)16(11-20)9-14-3-2-4-17(10-14)22(23)24/h2-10,12H,1H3/b16-9-. The highest BCUT2D eigenvalue weighted by Crippen LogP contribution is 2.28. The summed E-state index contributed by atoms with van der Waals surface area (Å²) in [6.07, 6.45) is 1.62. The van der Waals surface area contributed by atoms with Gasteiger partial charge in [0.2, 0.25) is 0 Å². The monoisotopic (exact) mass is 347 g/mol. The van der Waals surface area contributed by atoms with E-state index in [1.165, 1.54) is 29.0 Å². The van der Waals surface area contributed by atoms with Gasteiger partial charge in [-0.1, -0.05) is 42.0 Å². The highest BCUT2D eigenvalue weighted by atomic mass is 32.1. The molecule has 3 rings (SSSR count). The van der Waals surface area contributed by atoms with Gasteiger partial charge in [0.05, 0.1) is 16.2 Å². The Bertz CT molecular complexity index is 998. The molecule has 0 unspecified atom stereocenters. The first-order chi connectivity index (χ1) is 12.1. The minimum Gasteiger partial charge on any atom is -0.258 e. The van der Waals surface area contributed by atoms with Crippen LogP contribution in [-0.2, 0) is 0 Å². The molecule has 1 aromatic heterocycles. The van der Waals surface area contributed by atoms with Gasteiger partial charge in [-0.15, -0.1) is 11.3 Å². The molecule has 122 valence electrons. The van der Waals surface area contributed by atoms with Crippen molar-refractivity contribution in [2.24, 2.45) is 0 Å². The molecular formula is C19H13N3O2S. The third kappa shape index (κ3) is 3.79. The number of non-ortho nitro benzene ring substituents is 1. The van der Waals surface area contributed by atoms with Crippen LogP contribution in [0.1, 0.15) is 16.1 Å². The van der Waals surface area contributed by atoms with E-state index >= 15 is 0 Å². The number of aryl methyl sites for hydroxylation is 1. The van der Waals surface area contributed by atoms with Crippen molar-refractivity contribution < 1.29 is 4.92 Å². The van der Waals surface area contributed by atoms with Crippen molar-refractivity contribution >= 4 is 28.7 Å². The average molecular weight is 347 g/mol. The largest absolute Gasteiger partial charge is 0.270 e. The highest BCUT2D eigenvalue weighted by molar-refractivity contribution is 7.11. The minimum absolute atomic E-state index is 0.00878. The Morgan fingerprint density at radius 2 is 2.04 bits per heavy atom. The fourth-order valence-corrected chi connectivity index (χ4v) is 3.09. The molecule has 0 saturated heterocycles. The van der Waals surface area contributed by atoms with Gasteiger partial charge in [-0.3, -0.25) is 10.1 Å². The Labute approximate surface area is 148 Å². The molecule has 0 aliphatic heterocycles. The third-order valence-corrected chi connectivity index (χ3v) is 4.47. The van der Waals surface area contributed by atoms with Crippen LogP contribution >= 0.6 is 11.3 Å². The van der Waals surface area contributed by atoms with Gasteiger partial charge in [0.1, 0.15) is 11.1 Å². The van der Waals surface area contributed by atoms with Crippen LogP contribution in [-0.4, -0.2) is 9.91 Å². The van der Waals surface area contributed by atoms with Gasteiger partial charge in [0, 0.05) is 23.1 Å². The fourth-order valence-electron chi connectivity index (χ4n) is 2.29. The number of nitriles is 1. The molecule has 0 aliphatic carbocycles. The summed E-state index contributed by atoms with van der Waals surface area (Å²) in [4.78, 5) is 14.9. The van der Waals surface area contributed by atoms with Crippen LogP contribution in [0.2, 0.25) is 0 Å². The van der Waals surface area contributed by atoms with Crippen molar-refractivity contribution in [3.05, 3.63) is 80.2 Å². The molecule has 0 aliphatic rings. The first-order valence-electron chi connectivity index (χ1n) is 7.46. The smallest absolute Gasteiger partial charge is 0.258 e. The molecule has 5 nitrogen and oxygen atoms in total. The highest BCUT2D eigenvalue weighted by Gasteiger charge is 2.10. The molecule has 3 aromatic rings. The lowest BCUT2D eigenvalue weighted by Crippen LogP contribution is -1.88. The van der Waals surface area contributed by atoms with Crippen molar-refractivity contribution in [3.63, 3.8) is 0 Å². The second-order valence-corrected chi connectivity index (χ2v) is 6.28. The van der Waals surface area contributed by atoms with Gasteiger partial charge in [-0.05, 0) is 18.6 Å². The lowest BCUT2D eigenvalue weighted by molar-refractivity contribution is -0.384. The number of nitrogens with zero attached hydrogens (tertiary/aromatic N) is 3. The van der Waals surface area contributed by atoms with Crippen LogP contribution in [0, 0.1) is 28.4 Å². The molecule has 0 bridgehead atoms. The molecule has 0 spiro atoms. The predicted octanol–water partition coefficient (Wildman–Crippen LogP) is 5.09.